The average molecular weight is 519 g/mol. The van der Waals surface area contributed by atoms with Crippen LogP contribution in [0.4, 0.5) is 0 Å². The Morgan fingerprint density at radius 1 is 0.575 bits per heavy atom. The predicted octanol–water partition coefficient (Wildman–Crippen LogP) is 6.19. The lowest BCUT2D eigenvalue weighted by Gasteiger charge is -2.32. The molecule has 8 rings (SSSR count). The molecule has 1 aliphatic rings. The largest absolute Gasteiger partial charge is 0.302 e. The fourth-order valence-electron chi connectivity index (χ4n) is 5.63. The Kier molecular flexibility index (Phi) is 4.70. The van der Waals surface area contributed by atoms with Crippen molar-refractivity contribution in [2.45, 2.75) is 19.3 Å². The van der Waals surface area contributed by atoms with Gasteiger partial charge >= 0.3 is 0 Å². The molecule has 8 heteroatoms. The molecular weight excluding hydrogens is 496 g/mol. The van der Waals surface area contributed by atoms with Crippen molar-refractivity contribution in [3.63, 3.8) is 0 Å². The molecule has 7 aromatic rings. The standard InChI is InChI=1S/C32H22N8/c1-32(2)21-15-17-34-25-24-22(14-9-16-33-24)40(26(21)25)23-18-35-30(36-27(23)32)31-38-28(19-10-5-3-6-11-19)37-29(39-31)20-12-7-4-8-13-20/h3-18H,1-2H3. The predicted molar refractivity (Wildman–Crippen MR) is 154 cm³/mol. The first-order valence-corrected chi connectivity index (χ1v) is 13.1. The van der Waals surface area contributed by atoms with E-state index in [4.69, 9.17) is 29.9 Å². The minimum Gasteiger partial charge on any atom is -0.302 e. The molecule has 0 aliphatic carbocycles. The molecular formula is C32H22N8. The average Bonchev–Trinajstić information content (AvgIpc) is 3.35. The number of fused-ring (bicyclic) bond motifs is 5. The van der Waals surface area contributed by atoms with Gasteiger partial charge in [0.15, 0.2) is 17.5 Å². The fourth-order valence-corrected chi connectivity index (χ4v) is 5.63. The Morgan fingerprint density at radius 3 is 1.93 bits per heavy atom. The van der Waals surface area contributed by atoms with E-state index in [9.17, 15) is 0 Å². The summed E-state index contributed by atoms with van der Waals surface area (Å²) in [6, 6.07) is 25.9. The van der Waals surface area contributed by atoms with Crippen LogP contribution < -0.4 is 0 Å². The van der Waals surface area contributed by atoms with E-state index >= 15 is 0 Å². The Hall–Kier alpha value is -5.37. The summed E-state index contributed by atoms with van der Waals surface area (Å²) in [5.74, 6) is 2.03. The summed E-state index contributed by atoms with van der Waals surface area (Å²) in [5, 5.41) is 0. The van der Waals surface area contributed by atoms with Crippen LogP contribution in [-0.4, -0.2) is 39.5 Å². The van der Waals surface area contributed by atoms with E-state index in [1.54, 1.807) is 6.20 Å². The van der Waals surface area contributed by atoms with Gasteiger partial charge in [0.05, 0.1) is 28.6 Å². The Bertz CT molecular complexity index is 2020. The maximum atomic E-state index is 5.15. The zero-order valence-corrected chi connectivity index (χ0v) is 21.8. The third-order valence-corrected chi connectivity index (χ3v) is 7.57. The van der Waals surface area contributed by atoms with Gasteiger partial charge < -0.3 is 4.57 Å². The molecule has 8 nitrogen and oxygen atoms in total. The van der Waals surface area contributed by atoms with E-state index in [1.807, 2.05) is 79.1 Å². The Morgan fingerprint density at radius 2 is 1.23 bits per heavy atom. The molecule has 2 aromatic carbocycles. The molecule has 0 N–H and O–H groups in total. The normalized spacial score (nSPS) is 13.4. The molecule has 190 valence electrons. The number of hydrogen-bond donors (Lipinski definition) is 0. The second kappa shape index (κ2) is 8.31. The lowest BCUT2D eigenvalue weighted by Crippen LogP contribution is -2.28. The lowest BCUT2D eigenvalue weighted by molar-refractivity contribution is 0.602. The zero-order chi connectivity index (χ0) is 26.8. The van der Waals surface area contributed by atoms with Crippen LogP contribution in [0.15, 0.2) is 97.5 Å². The SMILES string of the molecule is CC1(C)c2nc(-c3nc(-c4ccccc4)nc(-c4ccccc4)n3)ncc2-n2c3cccnc3c3nccc1c32. The van der Waals surface area contributed by atoms with Crippen LogP contribution in [0.25, 0.3) is 62.2 Å². The van der Waals surface area contributed by atoms with Gasteiger partial charge in [-0.05, 0) is 37.6 Å². The van der Waals surface area contributed by atoms with E-state index in [1.165, 1.54) is 0 Å². The first-order valence-electron chi connectivity index (χ1n) is 13.1. The lowest BCUT2D eigenvalue weighted by atomic mass is 9.78. The summed E-state index contributed by atoms with van der Waals surface area (Å²) in [6.07, 6.45) is 5.53. The van der Waals surface area contributed by atoms with Crippen molar-refractivity contribution in [3.05, 3.63) is 109 Å². The van der Waals surface area contributed by atoms with Gasteiger partial charge in [0.2, 0.25) is 5.82 Å². The summed E-state index contributed by atoms with van der Waals surface area (Å²) < 4.78 is 2.18. The Balaban J connectivity index is 1.38. The second-order valence-electron chi connectivity index (χ2n) is 10.4. The molecule has 0 saturated carbocycles. The van der Waals surface area contributed by atoms with Crippen molar-refractivity contribution in [2.24, 2.45) is 0 Å². The number of benzene rings is 2. The van der Waals surface area contributed by atoms with Crippen LogP contribution >= 0.6 is 0 Å². The number of hydrogen-bond acceptors (Lipinski definition) is 7. The zero-order valence-electron chi connectivity index (χ0n) is 21.8. The third-order valence-electron chi connectivity index (χ3n) is 7.57. The van der Waals surface area contributed by atoms with Gasteiger partial charge in [-0.3, -0.25) is 9.97 Å². The summed E-state index contributed by atoms with van der Waals surface area (Å²) in [7, 11) is 0. The smallest absolute Gasteiger partial charge is 0.201 e. The van der Waals surface area contributed by atoms with E-state index < -0.39 is 5.41 Å². The molecule has 0 unspecified atom stereocenters. The topological polar surface area (TPSA) is 95.2 Å². The third kappa shape index (κ3) is 3.22. The quantitative estimate of drug-likeness (QED) is 0.275. The summed E-state index contributed by atoms with van der Waals surface area (Å²) in [5.41, 5.74) is 8.08. The van der Waals surface area contributed by atoms with E-state index in [2.05, 4.69) is 35.5 Å². The number of nitrogens with zero attached hydrogens (tertiary/aromatic N) is 8. The van der Waals surface area contributed by atoms with Crippen LogP contribution in [0.5, 0.6) is 0 Å². The highest BCUT2D eigenvalue weighted by molar-refractivity contribution is 6.07. The summed E-state index contributed by atoms with van der Waals surface area (Å²) in [6.45, 7) is 4.37. The number of rotatable bonds is 3. The molecule has 0 spiro atoms. The van der Waals surface area contributed by atoms with Gasteiger partial charge in [-0.25, -0.2) is 24.9 Å². The van der Waals surface area contributed by atoms with E-state index in [0.717, 1.165) is 50.1 Å². The highest BCUT2D eigenvalue weighted by Crippen LogP contribution is 2.45. The van der Waals surface area contributed by atoms with Crippen molar-refractivity contribution < 1.29 is 0 Å². The molecule has 0 fully saturated rings. The molecule has 0 amide bonds. The van der Waals surface area contributed by atoms with Crippen molar-refractivity contribution in [3.8, 4) is 40.1 Å². The van der Waals surface area contributed by atoms with Gasteiger partial charge in [0, 0.05) is 28.9 Å². The highest BCUT2D eigenvalue weighted by atomic mass is 15.1. The van der Waals surface area contributed by atoms with Gasteiger partial charge in [-0.15, -0.1) is 0 Å². The van der Waals surface area contributed by atoms with Gasteiger partial charge in [0.25, 0.3) is 0 Å². The molecule has 40 heavy (non-hydrogen) atoms. The van der Waals surface area contributed by atoms with Crippen LogP contribution in [0, 0.1) is 0 Å². The maximum Gasteiger partial charge on any atom is 0.201 e. The molecule has 0 bridgehead atoms. The molecule has 0 atom stereocenters. The Labute approximate surface area is 229 Å². The van der Waals surface area contributed by atoms with Crippen molar-refractivity contribution in [1.82, 2.24) is 39.5 Å². The summed E-state index contributed by atoms with van der Waals surface area (Å²) in [4.78, 5) is 33.8. The fraction of sp³-hybridized carbons (Fsp3) is 0.0938. The highest BCUT2D eigenvalue weighted by Gasteiger charge is 2.38. The first kappa shape index (κ1) is 22.6. The van der Waals surface area contributed by atoms with Crippen LogP contribution in [0.2, 0.25) is 0 Å². The maximum absolute atomic E-state index is 5.15. The molecule has 0 saturated heterocycles. The summed E-state index contributed by atoms with van der Waals surface area (Å²) >= 11 is 0. The van der Waals surface area contributed by atoms with Crippen molar-refractivity contribution in [2.75, 3.05) is 0 Å². The number of aromatic nitrogens is 8. The minimum atomic E-state index is -0.420. The van der Waals surface area contributed by atoms with Gasteiger partial charge in [-0.1, -0.05) is 60.7 Å². The van der Waals surface area contributed by atoms with Crippen LogP contribution in [0.3, 0.4) is 0 Å². The monoisotopic (exact) mass is 518 g/mol. The van der Waals surface area contributed by atoms with Crippen molar-refractivity contribution in [1.29, 1.82) is 0 Å². The van der Waals surface area contributed by atoms with Crippen LogP contribution in [0.1, 0.15) is 25.1 Å². The van der Waals surface area contributed by atoms with Crippen molar-refractivity contribution >= 4 is 22.1 Å². The first-order chi connectivity index (χ1) is 19.6. The molecule has 1 aliphatic heterocycles. The minimum absolute atomic E-state index is 0.420. The van der Waals surface area contributed by atoms with E-state index in [0.29, 0.717) is 23.3 Å². The van der Waals surface area contributed by atoms with Gasteiger partial charge in [-0.2, -0.15) is 0 Å². The molecule has 6 heterocycles. The van der Waals surface area contributed by atoms with E-state index in [-0.39, 0.29) is 0 Å². The molecule has 5 aromatic heterocycles. The van der Waals surface area contributed by atoms with Crippen LogP contribution in [-0.2, 0) is 5.41 Å². The van der Waals surface area contributed by atoms with Gasteiger partial charge in [0.1, 0.15) is 11.0 Å². The second-order valence-corrected chi connectivity index (χ2v) is 10.4. The molecule has 0 radical (unpaired) electrons. The number of pyridine rings is 2.